The molecule has 0 spiro atoms. The first-order valence-electron chi connectivity index (χ1n) is 8.29. The molecule has 3 aromatic carbocycles. The van der Waals surface area contributed by atoms with Gasteiger partial charge in [-0.2, -0.15) is 0 Å². The SMILES string of the molecule is NC(=O)Cc1ccc(NC(=O)c2cc3c(ccc4ccccc43)[nH]2)cc1. The van der Waals surface area contributed by atoms with Crippen LogP contribution in [0.25, 0.3) is 21.7 Å². The number of rotatable bonds is 4. The van der Waals surface area contributed by atoms with Crippen LogP contribution in [0.4, 0.5) is 5.69 Å². The molecular weight excluding hydrogens is 326 g/mol. The molecule has 0 bridgehead atoms. The van der Waals surface area contributed by atoms with Gasteiger partial charge in [0.2, 0.25) is 5.91 Å². The molecule has 0 fully saturated rings. The summed E-state index contributed by atoms with van der Waals surface area (Å²) in [6.45, 7) is 0. The lowest BCUT2D eigenvalue weighted by molar-refractivity contribution is -0.117. The molecule has 4 aromatic rings. The zero-order chi connectivity index (χ0) is 18.1. The molecule has 5 heteroatoms. The Hall–Kier alpha value is -3.60. The van der Waals surface area contributed by atoms with Crippen LogP contribution in [0.15, 0.2) is 66.7 Å². The Balaban J connectivity index is 1.60. The van der Waals surface area contributed by atoms with Gasteiger partial charge in [-0.05, 0) is 40.6 Å². The van der Waals surface area contributed by atoms with E-state index >= 15 is 0 Å². The van der Waals surface area contributed by atoms with Crippen LogP contribution >= 0.6 is 0 Å². The van der Waals surface area contributed by atoms with Crippen molar-refractivity contribution < 1.29 is 9.59 Å². The number of H-pyrrole nitrogens is 1. The third-order valence-electron chi connectivity index (χ3n) is 4.36. The lowest BCUT2D eigenvalue weighted by Gasteiger charge is -2.05. The number of aromatic amines is 1. The number of primary amides is 1. The van der Waals surface area contributed by atoms with Gasteiger partial charge in [-0.1, -0.05) is 42.5 Å². The third-order valence-corrected chi connectivity index (χ3v) is 4.36. The molecule has 0 aliphatic carbocycles. The average Bonchev–Trinajstić information content (AvgIpc) is 3.08. The fraction of sp³-hybridized carbons (Fsp3) is 0.0476. The number of carbonyl (C=O) groups is 2. The Morgan fingerprint density at radius 1 is 0.923 bits per heavy atom. The highest BCUT2D eigenvalue weighted by atomic mass is 16.2. The van der Waals surface area contributed by atoms with Crippen LogP contribution in [0.3, 0.4) is 0 Å². The molecular formula is C21H17N3O2. The number of hydrogen-bond acceptors (Lipinski definition) is 2. The van der Waals surface area contributed by atoms with Gasteiger partial charge < -0.3 is 16.0 Å². The Morgan fingerprint density at radius 3 is 2.46 bits per heavy atom. The average molecular weight is 343 g/mol. The number of aromatic nitrogens is 1. The lowest BCUT2D eigenvalue weighted by atomic mass is 10.1. The molecule has 2 amide bonds. The van der Waals surface area contributed by atoms with Crippen LogP contribution < -0.4 is 11.1 Å². The number of hydrogen-bond donors (Lipinski definition) is 3. The van der Waals surface area contributed by atoms with E-state index in [-0.39, 0.29) is 18.2 Å². The zero-order valence-corrected chi connectivity index (χ0v) is 14.0. The van der Waals surface area contributed by atoms with E-state index in [0.29, 0.717) is 11.4 Å². The number of carbonyl (C=O) groups excluding carboxylic acids is 2. The molecule has 0 atom stereocenters. The van der Waals surface area contributed by atoms with E-state index in [0.717, 1.165) is 27.2 Å². The standard InChI is InChI=1S/C21H17N3O2/c22-20(25)11-13-5-8-15(9-6-13)23-21(26)19-12-17-16-4-2-1-3-14(16)7-10-18(17)24-19/h1-10,12,24H,11H2,(H2,22,25)(H,23,26). The molecule has 0 unspecified atom stereocenters. The van der Waals surface area contributed by atoms with Crippen molar-refractivity contribution in [1.82, 2.24) is 4.98 Å². The molecule has 0 aliphatic heterocycles. The van der Waals surface area contributed by atoms with Crippen molar-refractivity contribution in [2.24, 2.45) is 5.73 Å². The van der Waals surface area contributed by atoms with E-state index in [1.54, 1.807) is 24.3 Å². The smallest absolute Gasteiger partial charge is 0.272 e. The van der Waals surface area contributed by atoms with Gasteiger partial charge in [-0.3, -0.25) is 9.59 Å². The van der Waals surface area contributed by atoms with E-state index < -0.39 is 0 Å². The number of nitrogens with two attached hydrogens (primary N) is 1. The first-order valence-corrected chi connectivity index (χ1v) is 8.29. The Kier molecular flexibility index (Phi) is 3.89. The molecule has 0 saturated heterocycles. The maximum absolute atomic E-state index is 12.6. The van der Waals surface area contributed by atoms with Gasteiger partial charge in [-0.15, -0.1) is 0 Å². The summed E-state index contributed by atoms with van der Waals surface area (Å²) in [5.41, 5.74) is 8.07. The van der Waals surface area contributed by atoms with Crippen LogP contribution in [-0.4, -0.2) is 16.8 Å². The number of nitrogens with one attached hydrogen (secondary N) is 2. The van der Waals surface area contributed by atoms with Crippen LogP contribution in [-0.2, 0) is 11.2 Å². The third kappa shape index (κ3) is 3.02. The highest BCUT2D eigenvalue weighted by Crippen LogP contribution is 2.26. The zero-order valence-electron chi connectivity index (χ0n) is 14.0. The number of fused-ring (bicyclic) bond motifs is 3. The molecule has 4 N–H and O–H groups in total. The summed E-state index contributed by atoms with van der Waals surface area (Å²) in [4.78, 5) is 26.7. The molecule has 1 heterocycles. The molecule has 0 aliphatic rings. The summed E-state index contributed by atoms with van der Waals surface area (Å²) >= 11 is 0. The maximum atomic E-state index is 12.6. The largest absolute Gasteiger partial charge is 0.369 e. The van der Waals surface area contributed by atoms with Gasteiger partial charge in [-0.25, -0.2) is 0 Å². The summed E-state index contributed by atoms with van der Waals surface area (Å²) in [6.07, 6.45) is 0.184. The minimum absolute atomic E-state index is 0.184. The second-order valence-corrected chi connectivity index (χ2v) is 6.23. The summed E-state index contributed by atoms with van der Waals surface area (Å²) in [5, 5.41) is 6.12. The Labute approximate surface area is 149 Å². The summed E-state index contributed by atoms with van der Waals surface area (Å²) in [5.74, 6) is -0.597. The quantitative estimate of drug-likeness (QED) is 0.528. The van der Waals surface area contributed by atoms with Crippen LogP contribution in [0, 0.1) is 0 Å². The number of amides is 2. The van der Waals surface area contributed by atoms with Gasteiger partial charge in [0.25, 0.3) is 5.91 Å². The van der Waals surface area contributed by atoms with E-state index in [1.807, 2.05) is 36.4 Å². The predicted molar refractivity (Wildman–Crippen MR) is 103 cm³/mol. The fourth-order valence-corrected chi connectivity index (χ4v) is 3.11. The first kappa shape index (κ1) is 15.9. The Bertz CT molecular complexity index is 1130. The maximum Gasteiger partial charge on any atom is 0.272 e. The molecule has 26 heavy (non-hydrogen) atoms. The second-order valence-electron chi connectivity index (χ2n) is 6.23. The van der Waals surface area contributed by atoms with Crippen molar-refractivity contribution in [3.05, 3.63) is 78.0 Å². The predicted octanol–water partition coefficient (Wildman–Crippen LogP) is 3.60. The molecule has 1 aromatic heterocycles. The molecule has 0 saturated carbocycles. The van der Waals surface area contributed by atoms with Crippen LogP contribution in [0.5, 0.6) is 0 Å². The number of benzene rings is 3. The monoisotopic (exact) mass is 343 g/mol. The van der Waals surface area contributed by atoms with Crippen molar-refractivity contribution in [3.63, 3.8) is 0 Å². The van der Waals surface area contributed by atoms with Crippen molar-refractivity contribution in [2.45, 2.75) is 6.42 Å². The molecule has 0 radical (unpaired) electrons. The van der Waals surface area contributed by atoms with E-state index in [1.165, 1.54) is 0 Å². The molecule has 4 rings (SSSR count). The van der Waals surface area contributed by atoms with Gasteiger partial charge >= 0.3 is 0 Å². The van der Waals surface area contributed by atoms with E-state index in [4.69, 9.17) is 5.73 Å². The van der Waals surface area contributed by atoms with E-state index in [9.17, 15) is 9.59 Å². The summed E-state index contributed by atoms with van der Waals surface area (Å²) in [7, 11) is 0. The van der Waals surface area contributed by atoms with Gasteiger partial charge in [0.15, 0.2) is 0 Å². The fourth-order valence-electron chi connectivity index (χ4n) is 3.11. The van der Waals surface area contributed by atoms with E-state index in [2.05, 4.69) is 16.4 Å². The minimum atomic E-state index is -0.382. The normalized spacial score (nSPS) is 10.9. The highest BCUT2D eigenvalue weighted by molar-refractivity contribution is 6.12. The summed E-state index contributed by atoms with van der Waals surface area (Å²) in [6, 6.07) is 21.0. The topological polar surface area (TPSA) is 88.0 Å². The first-order chi connectivity index (χ1) is 12.6. The van der Waals surface area contributed by atoms with Crippen LogP contribution in [0.1, 0.15) is 16.1 Å². The molecule has 128 valence electrons. The summed E-state index contributed by atoms with van der Waals surface area (Å²) < 4.78 is 0. The second kappa shape index (κ2) is 6.37. The van der Waals surface area contributed by atoms with Gasteiger partial charge in [0.05, 0.1) is 6.42 Å². The number of anilines is 1. The van der Waals surface area contributed by atoms with Gasteiger partial charge in [0.1, 0.15) is 5.69 Å². The highest BCUT2D eigenvalue weighted by Gasteiger charge is 2.11. The van der Waals surface area contributed by atoms with Crippen molar-refractivity contribution in [1.29, 1.82) is 0 Å². The lowest BCUT2D eigenvalue weighted by Crippen LogP contribution is -2.14. The van der Waals surface area contributed by atoms with Gasteiger partial charge in [0, 0.05) is 16.6 Å². The van der Waals surface area contributed by atoms with Crippen LogP contribution in [0.2, 0.25) is 0 Å². The van der Waals surface area contributed by atoms with Crippen molar-refractivity contribution >= 4 is 39.2 Å². The Morgan fingerprint density at radius 2 is 1.69 bits per heavy atom. The van der Waals surface area contributed by atoms with Crippen molar-refractivity contribution in [3.8, 4) is 0 Å². The van der Waals surface area contributed by atoms with Crippen molar-refractivity contribution in [2.75, 3.05) is 5.32 Å². The molecule has 5 nitrogen and oxygen atoms in total. The minimum Gasteiger partial charge on any atom is -0.369 e.